The molecule has 1 heterocycles. The van der Waals surface area contributed by atoms with Crippen LogP contribution >= 0.6 is 11.6 Å². The van der Waals surface area contributed by atoms with Crippen LogP contribution in [0.5, 0.6) is 0 Å². The second-order valence-electron chi connectivity index (χ2n) is 6.32. The molecule has 132 valence electrons. The van der Waals surface area contributed by atoms with Crippen LogP contribution in [0.3, 0.4) is 0 Å². The fourth-order valence-electron chi connectivity index (χ4n) is 2.84. The number of hydrogen-bond acceptors (Lipinski definition) is 3. The molecule has 0 radical (unpaired) electrons. The van der Waals surface area contributed by atoms with Gasteiger partial charge in [0.2, 0.25) is 15.9 Å². The summed E-state index contributed by atoms with van der Waals surface area (Å²) in [6, 6.07) is 12.3. The molecule has 25 heavy (non-hydrogen) atoms. The van der Waals surface area contributed by atoms with E-state index in [1.807, 2.05) is 6.92 Å². The molecular weight excluding hydrogens is 360 g/mol. The van der Waals surface area contributed by atoms with E-state index in [4.69, 9.17) is 11.6 Å². The molecule has 1 saturated heterocycles. The fourth-order valence-corrected chi connectivity index (χ4v) is 4.68. The quantitative estimate of drug-likeness (QED) is 0.769. The third-order valence-electron chi connectivity index (χ3n) is 4.26. The SMILES string of the molecule is Cc1ccc(S(=O)(=O)N2[C@H](C(=O)N(C)C)[C@H]2c2ccc(Cl)cc2)cc1. The predicted molar refractivity (Wildman–Crippen MR) is 96.9 cm³/mol. The maximum atomic E-state index is 13.0. The Balaban J connectivity index is 2.00. The molecule has 5 nitrogen and oxygen atoms in total. The summed E-state index contributed by atoms with van der Waals surface area (Å²) in [5.41, 5.74) is 1.72. The van der Waals surface area contributed by atoms with Gasteiger partial charge >= 0.3 is 0 Å². The van der Waals surface area contributed by atoms with Crippen LogP contribution in [0.4, 0.5) is 0 Å². The molecule has 1 aliphatic rings. The molecule has 0 N–H and O–H groups in total. The highest BCUT2D eigenvalue weighted by Crippen LogP contribution is 2.48. The summed E-state index contributed by atoms with van der Waals surface area (Å²) >= 11 is 5.92. The number of likely N-dealkylation sites (N-methyl/N-ethyl adjacent to an activating group) is 1. The highest BCUT2D eigenvalue weighted by molar-refractivity contribution is 7.89. The number of rotatable bonds is 4. The number of carbonyl (C=O) groups excluding carboxylic acids is 1. The Morgan fingerprint density at radius 1 is 1.04 bits per heavy atom. The molecular formula is C18H19ClN2O3S. The van der Waals surface area contributed by atoms with Crippen molar-refractivity contribution in [2.24, 2.45) is 0 Å². The number of aryl methyl sites for hydroxylation is 1. The lowest BCUT2D eigenvalue weighted by Crippen LogP contribution is -2.30. The lowest BCUT2D eigenvalue weighted by Gasteiger charge is -2.10. The zero-order chi connectivity index (χ0) is 18.4. The number of nitrogens with zero attached hydrogens (tertiary/aromatic N) is 2. The first kappa shape index (κ1) is 17.9. The van der Waals surface area contributed by atoms with Crippen molar-refractivity contribution in [3.05, 3.63) is 64.7 Å². The first-order valence-electron chi connectivity index (χ1n) is 7.80. The second-order valence-corrected chi connectivity index (χ2v) is 8.60. The Kier molecular flexibility index (Phi) is 4.62. The maximum Gasteiger partial charge on any atom is 0.244 e. The van der Waals surface area contributed by atoms with Crippen LogP contribution in [0, 0.1) is 6.92 Å². The Morgan fingerprint density at radius 2 is 1.60 bits per heavy atom. The van der Waals surface area contributed by atoms with E-state index in [0.717, 1.165) is 11.1 Å². The van der Waals surface area contributed by atoms with Gasteiger partial charge in [-0.15, -0.1) is 0 Å². The van der Waals surface area contributed by atoms with Crippen LogP contribution in [0.25, 0.3) is 0 Å². The van der Waals surface area contributed by atoms with Gasteiger partial charge in [-0.25, -0.2) is 8.42 Å². The molecule has 2 aromatic carbocycles. The van der Waals surface area contributed by atoms with E-state index in [0.29, 0.717) is 5.02 Å². The van der Waals surface area contributed by atoms with Crippen molar-refractivity contribution < 1.29 is 13.2 Å². The van der Waals surface area contributed by atoms with Crippen molar-refractivity contribution in [1.29, 1.82) is 0 Å². The average Bonchev–Trinajstić information content (AvgIpc) is 3.31. The minimum Gasteiger partial charge on any atom is -0.347 e. The van der Waals surface area contributed by atoms with Crippen LogP contribution in [0.1, 0.15) is 17.2 Å². The van der Waals surface area contributed by atoms with Crippen LogP contribution < -0.4 is 0 Å². The van der Waals surface area contributed by atoms with E-state index in [2.05, 4.69) is 0 Å². The van der Waals surface area contributed by atoms with Crippen molar-refractivity contribution in [2.75, 3.05) is 14.1 Å². The lowest BCUT2D eigenvalue weighted by atomic mass is 10.1. The molecule has 0 spiro atoms. The smallest absolute Gasteiger partial charge is 0.244 e. The first-order valence-corrected chi connectivity index (χ1v) is 9.62. The van der Waals surface area contributed by atoms with Gasteiger partial charge in [0.05, 0.1) is 10.9 Å². The summed E-state index contributed by atoms with van der Waals surface area (Å²) in [4.78, 5) is 14.1. The minimum absolute atomic E-state index is 0.186. The summed E-state index contributed by atoms with van der Waals surface area (Å²) in [5, 5.41) is 0.563. The van der Waals surface area contributed by atoms with Crippen LogP contribution in [-0.4, -0.2) is 43.7 Å². The molecule has 1 aliphatic heterocycles. The Hall–Kier alpha value is -1.89. The summed E-state index contributed by atoms with van der Waals surface area (Å²) < 4.78 is 27.3. The number of sulfonamides is 1. The van der Waals surface area contributed by atoms with Crippen LogP contribution in [0.2, 0.25) is 5.02 Å². The number of benzene rings is 2. The Morgan fingerprint density at radius 3 is 2.12 bits per heavy atom. The summed E-state index contributed by atoms with van der Waals surface area (Å²) in [6.07, 6.45) is 0. The van der Waals surface area contributed by atoms with Gasteiger partial charge in [0.1, 0.15) is 6.04 Å². The molecule has 1 fully saturated rings. The molecule has 0 bridgehead atoms. The average molecular weight is 379 g/mol. The van der Waals surface area contributed by atoms with Crippen molar-refractivity contribution in [2.45, 2.75) is 23.9 Å². The molecule has 2 aromatic rings. The van der Waals surface area contributed by atoms with E-state index in [1.54, 1.807) is 62.6 Å². The number of amides is 1. The summed E-state index contributed by atoms with van der Waals surface area (Å²) in [6.45, 7) is 1.89. The zero-order valence-corrected chi connectivity index (χ0v) is 15.8. The predicted octanol–water partition coefficient (Wildman–Crippen LogP) is 2.85. The van der Waals surface area contributed by atoms with Crippen molar-refractivity contribution in [1.82, 2.24) is 9.21 Å². The summed E-state index contributed by atoms with van der Waals surface area (Å²) in [7, 11) is -0.522. The lowest BCUT2D eigenvalue weighted by molar-refractivity contribution is -0.128. The van der Waals surface area contributed by atoms with Gasteiger partial charge in [-0.1, -0.05) is 41.4 Å². The van der Waals surface area contributed by atoms with Crippen molar-refractivity contribution in [3.8, 4) is 0 Å². The fraction of sp³-hybridized carbons (Fsp3) is 0.278. The Labute approximate surface area is 152 Å². The minimum atomic E-state index is -3.76. The van der Waals surface area contributed by atoms with E-state index >= 15 is 0 Å². The highest BCUT2D eigenvalue weighted by atomic mass is 35.5. The number of halogens is 1. The van der Waals surface area contributed by atoms with Crippen LogP contribution in [-0.2, 0) is 14.8 Å². The van der Waals surface area contributed by atoms with Gasteiger partial charge in [0.25, 0.3) is 0 Å². The van der Waals surface area contributed by atoms with E-state index in [1.165, 1.54) is 9.21 Å². The molecule has 7 heteroatoms. The second kappa shape index (κ2) is 6.44. The third kappa shape index (κ3) is 3.29. The van der Waals surface area contributed by atoms with E-state index < -0.39 is 22.1 Å². The number of carbonyl (C=O) groups is 1. The molecule has 3 atom stereocenters. The molecule has 1 unspecified atom stereocenters. The Bertz CT molecular complexity index is 893. The third-order valence-corrected chi connectivity index (χ3v) is 6.39. The summed E-state index contributed by atoms with van der Waals surface area (Å²) in [5.74, 6) is -0.240. The molecule has 0 aliphatic carbocycles. The van der Waals surface area contributed by atoms with Gasteiger partial charge in [-0.05, 0) is 36.8 Å². The van der Waals surface area contributed by atoms with Gasteiger partial charge in [-0.2, -0.15) is 4.31 Å². The monoisotopic (exact) mass is 378 g/mol. The van der Waals surface area contributed by atoms with Gasteiger partial charge in [0.15, 0.2) is 0 Å². The van der Waals surface area contributed by atoms with E-state index in [-0.39, 0.29) is 10.8 Å². The van der Waals surface area contributed by atoms with Gasteiger partial charge in [-0.3, -0.25) is 4.79 Å². The first-order chi connectivity index (χ1) is 11.7. The standard InChI is InChI=1S/C18H19ClN2O3S/c1-12-4-10-15(11-5-12)25(23,24)21-16(17(21)18(22)20(2)3)13-6-8-14(19)9-7-13/h4-11,16-17H,1-3H3/t16-,17+,21?/m1/s1. The molecule has 0 saturated carbocycles. The van der Waals surface area contributed by atoms with E-state index in [9.17, 15) is 13.2 Å². The normalized spacial score (nSPS) is 22.5. The topological polar surface area (TPSA) is 57.5 Å². The molecule has 3 rings (SSSR count). The maximum absolute atomic E-state index is 13.0. The highest BCUT2D eigenvalue weighted by Gasteiger charge is 2.60. The van der Waals surface area contributed by atoms with Gasteiger partial charge in [0, 0.05) is 19.1 Å². The van der Waals surface area contributed by atoms with Gasteiger partial charge < -0.3 is 4.90 Å². The molecule has 0 aromatic heterocycles. The molecule has 1 amide bonds. The van der Waals surface area contributed by atoms with Crippen LogP contribution in [0.15, 0.2) is 53.4 Å². The zero-order valence-electron chi connectivity index (χ0n) is 14.2. The number of hydrogen-bond donors (Lipinski definition) is 0. The largest absolute Gasteiger partial charge is 0.347 e. The van der Waals surface area contributed by atoms with Crippen molar-refractivity contribution in [3.63, 3.8) is 0 Å². The van der Waals surface area contributed by atoms with Crippen molar-refractivity contribution >= 4 is 27.5 Å².